The van der Waals surface area contributed by atoms with E-state index >= 15 is 0 Å². The molecule has 9 atom stereocenters. The number of carbonyl (C=O) groups excluding carboxylic acids is 2. The molecule has 9 unspecified atom stereocenters. The fourth-order valence-electron chi connectivity index (χ4n) is 5.97. The average Bonchev–Trinajstić information content (AvgIpc) is 3.75. The van der Waals surface area contributed by atoms with Crippen LogP contribution >= 0.6 is 0 Å². The van der Waals surface area contributed by atoms with Gasteiger partial charge in [0, 0.05) is 18.8 Å². The van der Waals surface area contributed by atoms with Crippen molar-refractivity contribution in [3.63, 3.8) is 0 Å². The van der Waals surface area contributed by atoms with Crippen LogP contribution in [0.15, 0.2) is 0 Å². The fraction of sp³-hybridized carbons (Fsp3) is 0.895. The van der Waals surface area contributed by atoms with Crippen LogP contribution in [0.25, 0.3) is 0 Å². The molecule has 2 aliphatic carbocycles. The molecule has 0 aromatic carbocycles. The number of aliphatic hydroxyl groups excluding tert-OH is 6. The Morgan fingerprint density at radius 1 is 0.653 bits per heavy atom. The molecule has 0 aromatic heterocycles. The van der Waals surface area contributed by atoms with E-state index in [1.54, 1.807) is 6.92 Å². The number of hydrogen-bond acceptors (Lipinski definition) is 10. The number of carbonyl (C=O) groups is 2. The van der Waals surface area contributed by atoms with Crippen molar-refractivity contribution in [3.05, 3.63) is 14.9 Å². The minimum Gasteiger partial charge on any atom is -0.393 e. The van der Waals surface area contributed by atoms with E-state index in [0.29, 0.717) is 50.9 Å². The first kappa shape index (κ1) is 55.3. The van der Waals surface area contributed by atoms with Crippen LogP contribution in [0.2, 0.25) is 0 Å². The predicted octanol–water partition coefficient (Wildman–Crippen LogP) is 6.04. The smallest absolute Gasteiger partial charge is 0.393 e. The molecule has 0 aromatic rings. The van der Waals surface area contributed by atoms with Crippen molar-refractivity contribution in [3.8, 4) is 0 Å². The number of ether oxygens (including phenoxy) is 2. The normalized spacial score (nSPS) is 23.7. The Morgan fingerprint density at radius 2 is 1.08 bits per heavy atom. The third kappa shape index (κ3) is 32.0. The monoisotopic (exact) mass is 748 g/mol. The van der Waals surface area contributed by atoms with Gasteiger partial charge >= 0.3 is 17.1 Å². The first-order valence-corrected chi connectivity index (χ1v) is 18.2. The zero-order chi connectivity index (χ0) is 34.7. The number of aliphatic hydroxyl groups is 6. The fourth-order valence-corrected chi connectivity index (χ4v) is 5.97. The van der Waals surface area contributed by atoms with Gasteiger partial charge in [-0.25, -0.2) is 0 Å². The van der Waals surface area contributed by atoms with E-state index in [-0.39, 0.29) is 69.7 Å². The molecule has 3 rings (SSSR count). The average molecular weight is 749 g/mol. The van der Waals surface area contributed by atoms with E-state index in [4.69, 9.17) is 14.6 Å². The molecule has 1 heterocycles. The Kier molecular flexibility index (Phi) is 40.5. The summed E-state index contributed by atoms with van der Waals surface area (Å²) in [7, 11) is 0. The van der Waals surface area contributed by atoms with Crippen LogP contribution in [0.3, 0.4) is 0 Å². The van der Waals surface area contributed by atoms with E-state index in [0.717, 1.165) is 19.0 Å². The Hall–Kier alpha value is -0.461. The summed E-state index contributed by atoms with van der Waals surface area (Å²) in [6.07, 6.45) is 16.6. The molecule has 0 radical (unpaired) electrons. The Balaban J connectivity index is -0.000000304. The predicted molar refractivity (Wildman–Crippen MR) is 193 cm³/mol. The van der Waals surface area contributed by atoms with Crippen molar-refractivity contribution in [2.24, 2.45) is 5.92 Å². The van der Waals surface area contributed by atoms with Crippen LogP contribution in [0.1, 0.15) is 156 Å². The second-order valence-electron chi connectivity index (χ2n) is 13.5. The van der Waals surface area contributed by atoms with E-state index in [1.165, 1.54) is 57.8 Å². The number of hydrogen-bond donors (Lipinski definition) is 6. The first-order chi connectivity index (χ1) is 21.9. The first-order valence-electron chi connectivity index (χ1n) is 18.2. The number of rotatable bonds is 17. The zero-order valence-electron chi connectivity index (χ0n) is 31.7. The van der Waals surface area contributed by atoms with Crippen molar-refractivity contribution in [2.75, 3.05) is 0 Å². The van der Waals surface area contributed by atoms with E-state index in [1.807, 2.05) is 13.8 Å². The third-order valence-corrected chi connectivity index (χ3v) is 8.69. The molecule has 0 amide bonds. The van der Waals surface area contributed by atoms with E-state index in [9.17, 15) is 35.1 Å². The van der Waals surface area contributed by atoms with Gasteiger partial charge in [0.05, 0.1) is 48.8 Å². The molecular formula is C38H76FeO10. The SMILES string of the molecule is C1CCCC1.CCC(O)CC(O)CC(O)CC(C)O.CCC(O)CC(O)CC1CC(C)OC(C2CCCC2)O1.O=CCCCC=O.[CH3-].[CH3-].[Fe+2]. The molecule has 3 fully saturated rings. The summed E-state index contributed by atoms with van der Waals surface area (Å²) >= 11 is 0. The van der Waals surface area contributed by atoms with Crippen LogP contribution in [-0.4, -0.2) is 98.3 Å². The maximum Gasteiger partial charge on any atom is 2.00 e. The zero-order valence-corrected chi connectivity index (χ0v) is 32.8. The largest absolute Gasteiger partial charge is 2.00 e. The quantitative estimate of drug-likeness (QED) is 0.0446. The van der Waals surface area contributed by atoms with Gasteiger partial charge < -0.3 is 64.6 Å². The van der Waals surface area contributed by atoms with Gasteiger partial charge in [0.1, 0.15) is 12.6 Å². The molecule has 49 heavy (non-hydrogen) atoms. The minimum absolute atomic E-state index is 0. The summed E-state index contributed by atoms with van der Waals surface area (Å²) in [5, 5.41) is 56.7. The van der Waals surface area contributed by atoms with Gasteiger partial charge in [-0.2, -0.15) is 0 Å². The Morgan fingerprint density at radius 3 is 1.51 bits per heavy atom. The van der Waals surface area contributed by atoms with Crippen LogP contribution in [0.5, 0.6) is 0 Å². The Labute approximate surface area is 310 Å². The van der Waals surface area contributed by atoms with Crippen LogP contribution in [0, 0.1) is 20.8 Å². The second-order valence-corrected chi connectivity index (χ2v) is 13.5. The van der Waals surface area contributed by atoms with Gasteiger partial charge in [0.15, 0.2) is 6.29 Å². The van der Waals surface area contributed by atoms with Crippen LogP contribution in [0.4, 0.5) is 0 Å². The van der Waals surface area contributed by atoms with Gasteiger partial charge in [-0.15, -0.1) is 0 Å². The van der Waals surface area contributed by atoms with Crippen LogP contribution in [-0.2, 0) is 36.1 Å². The summed E-state index contributed by atoms with van der Waals surface area (Å²) in [5.41, 5.74) is 0. The second kappa shape index (κ2) is 35.9. The molecule has 3 aliphatic rings. The summed E-state index contributed by atoms with van der Waals surface area (Å²) in [6.45, 7) is 7.45. The van der Waals surface area contributed by atoms with Gasteiger partial charge in [0.2, 0.25) is 0 Å². The van der Waals surface area contributed by atoms with Crippen molar-refractivity contribution >= 4 is 12.6 Å². The molecule has 11 heteroatoms. The summed E-state index contributed by atoms with van der Waals surface area (Å²) in [6, 6.07) is 0. The molecule has 2 saturated carbocycles. The molecule has 296 valence electrons. The van der Waals surface area contributed by atoms with Crippen molar-refractivity contribution in [1.29, 1.82) is 0 Å². The van der Waals surface area contributed by atoms with Crippen LogP contribution < -0.4 is 0 Å². The Bertz CT molecular complexity index is 690. The molecule has 6 N–H and O–H groups in total. The van der Waals surface area contributed by atoms with Gasteiger partial charge in [0.25, 0.3) is 0 Å². The topological polar surface area (TPSA) is 174 Å². The molecule has 1 saturated heterocycles. The van der Waals surface area contributed by atoms with Crippen molar-refractivity contribution < 1.29 is 66.8 Å². The van der Waals surface area contributed by atoms with Gasteiger partial charge in [-0.3, -0.25) is 0 Å². The third-order valence-electron chi connectivity index (χ3n) is 8.69. The van der Waals surface area contributed by atoms with Crippen molar-refractivity contribution in [2.45, 2.75) is 211 Å². The van der Waals surface area contributed by atoms with Gasteiger partial charge in [-0.1, -0.05) is 58.8 Å². The molecular weight excluding hydrogens is 672 g/mol. The molecule has 0 spiro atoms. The standard InChI is InChI=1S/C16H30O4.C10H22O4.C5H8O2.C5H10.2CH3.Fe/c1-3-13(17)9-14(18)10-15-8-11(2)19-16(20-15)12-6-4-5-7-12;1-3-8(12)5-10(14)6-9(13)4-7(2)11;6-4-2-1-3-5-7;1-2-4-5-3-1;;;/h11-18H,3-10H2,1-2H3;7-14H,3-6H2,1-2H3;4-5H,1-3H2;1-5H2;2*1H3;/q;;;;2*-1;+2. The van der Waals surface area contributed by atoms with E-state index < -0.39 is 36.6 Å². The maximum absolute atomic E-state index is 10.1. The number of aldehydes is 2. The summed E-state index contributed by atoms with van der Waals surface area (Å²) < 4.78 is 12.0. The minimum atomic E-state index is -0.700. The maximum atomic E-state index is 10.1. The number of unbranched alkanes of at least 4 members (excludes halogenated alkanes) is 2. The molecule has 10 nitrogen and oxygen atoms in total. The van der Waals surface area contributed by atoms with Gasteiger partial charge in [-0.05, 0) is 84.5 Å². The summed E-state index contributed by atoms with van der Waals surface area (Å²) in [4.78, 5) is 19.1. The molecule has 0 bridgehead atoms. The van der Waals surface area contributed by atoms with E-state index in [2.05, 4.69) is 6.92 Å². The van der Waals surface area contributed by atoms with Crippen molar-refractivity contribution in [1.82, 2.24) is 0 Å². The summed E-state index contributed by atoms with van der Waals surface area (Å²) in [5.74, 6) is 0.527. The molecule has 1 aliphatic heterocycles.